The number of hydrogen-bond donors (Lipinski definition) is 0. The van der Waals surface area contributed by atoms with Gasteiger partial charge in [0.15, 0.2) is 0 Å². The Hall–Kier alpha value is -1.93. The fourth-order valence-electron chi connectivity index (χ4n) is 1.79. The molecule has 3 rings (SSSR count). The van der Waals surface area contributed by atoms with Crippen molar-refractivity contribution in [1.82, 2.24) is 9.97 Å². The molecule has 0 bridgehead atoms. The first-order valence-corrected chi connectivity index (χ1v) is 5.67. The van der Waals surface area contributed by atoms with Crippen LogP contribution in [0.1, 0.15) is 0 Å². The van der Waals surface area contributed by atoms with Crippen LogP contribution in [0.4, 0.5) is 0 Å². The monoisotopic (exact) mass is 240 g/mol. The molecule has 2 nitrogen and oxygen atoms in total. The molecule has 0 N–H and O–H groups in total. The van der Waals surface area contributed by atoms with Gasteiger partial charge in [-0.15, -0.1) is 0 Å². The number of hydrogen-bond acceptors (Lipinski definition) is 2. The van der Waals surface area contributed by atoms with Crippen molar-refractivity contribution in [2.75, 3.05) is 0 Å². The summed E-state index contributed by atoms with van der Waals surface area (Å²) in [6, 6.07) is 13.7. The molecule has 0 aliphatic carbocycles. The molecule has 0 aliphatic heterocycles. The minimum atomic E-state index is 0.691. The van der Waals surface area contributed by atoms with E-state index >= 15 is 0 Å². The van der Waals surface area contributed by atoms with Gasteiger partial charge in [0, 0.05) is 28.4 Å². The molecule has 0 fully saturated rings. The standard InChI is InChI=1S/C14H9ClN2/c15-12-5-7-17-14(9-12)11-4-3-10-2-1-6-16-13(10)8-11/h1-9H. The number of benzene rings is 1. The van der Waals surface area contributed by atoms with Crippen molar-refractivity contribution < 1.29 is 0 Å². The summed E-state index contributed by atoms with van der Waals surface area (Å²) in [7, 11) is 0. The number of pyridine rings is 2. The van der Waals surface area contributed by atoms with Crippen LogP contribution in [-0.2, 0) is 0 Å². The van der Waals surface area contributed by atoms with Crippen LogP contribution in [-0.4, -0.2) is 9.97 Å². The second kappa shape index (κ2) is 4.15. The van der Waals surface area contributed by atoms with Crippen LogP contribution in [0.25, 0.3) is 22.2 Å². The number of fused-ring (bicyclic) bond motifs is 1. The maximum Gasteiger partial charge on any atom is 0.0717 e. The molecule has 1 aromatic carbocycles. The third kappa shape index (κ3) is 1.99. The average Bonchev–Trinajstić information content (AvgIpc) is 2.38. The molecule has 0 saturated carbocycles. The molecule has 0 amide bonds. The molecule has 0 saturated heterocycles. The molecular formula is C14H9ClN2. The highest BCUT2D eigenvalue weighted by molar-refractivity contribution is 6.30. The highest BCUT2D eigenvalue weighted by atomic mass is 35.5. The van der Waals surface area contributed by atoms with E-state index in [4.69, 9.17) is 11.6 Å². The van der Waals surface area contributed by atoms with Gasteiger partial charge < -0.3 is 0 Å². The minimum absolute atomic E-state index is 0.691. The highest BCUT2D eigenvalue weighted by Crippen LogP contribution is 2.23. The van der Waals surface area contributed by atoms with E-state index in [1.54, 1.807) is 18.5 Å². The SMILES string of the molecule is Clc1ccnc(-c2ccc3cccnc3c2)c1. The molecule has 82 valence electrons. The van der Waals surface area contributed by atoms with Gasteiger partial charge in [-0.3, -0.25) is 9.97 Å². The van der Waals surface area contributed by atoms with Crippen LogP contribution in [0.5, 0.6) is 0 Å². The Bertz CT molecular complexity index is 680. The van der Waals surface area contributed by atoms with Crippen LogP contribution in [0.2, 0.25) is 5.02 Å². The van der Waals surface area contributed by atoms with Gasteiger partial charge in [0.2, 0.25) is 0 Å². The van der Waals surface area contributed by atoms with Gasteiger partial charge in [-0.25, -0.2) is 0 Å². The third-order valence-electron chi connectivity index (χ3n) is 2.62. The van der Waals surface area contributed by atoms with Crippen LogP contribution in [0, 0.1) is 0 Å². The van der Waals surface area contributed by atoms with E-state index in [9.17, 15) is 0 Å². The Kier molecular flexibility index (Phi) is 2.50. The van der Waals surface area contributed by atoms with E-state index in [1.807, 2.05) is 36.4 Å². The largest absolute Gasteiger partial charge is 0.256 e. The Morgan fingerprint density at radius 2 is 1.82 bits per heavy atom. The molecule has 3 aromatic rings. The Balaban J connectivity index is 2.18. The molecule has 0 aliphatic rings. The van der Waals surface area contributed by atoms with Crippen LogP contribution >= 0.6 is 11.6 Å². The van der Waals surface area contributed by atoms with E-state index in [0.717, 1.165) is 22.2 Å². The molecule has 0 unspecified atom stereocenters. The first kappa shape index (κ1) is 10.2. The van der Waals surface area contributed by atoms with E-state index in [1.165, 1.54) is 0 Å². The second-order valence-electron chi connectivity index (χ2n) is 3.77. The summed E-state index contributed by atoms with van der Waals surface area (Å²) in [6.07, 6.45) is 3.50. The van der Waals surface area contributed by atoms with Crippen LogP contribution < -0.4 is 0 Å². The summed E-state index contributed by atoms with van der Waals surface area (Å²) in [5.41, 5.74) is 2.86. The van der Waals surface area contributed by atoms with Gasteiger partial charge in [-0.05, 0) is 24.3 Å². The summed E-state index contributed by atoms with van der Waals surface area (Å²) >= 11 is 5.96. The molecule has 0 spiro atoms. The lowest BCUT2D eigenvalue weighted by Crippen LogP contribution is -1.84. The third-order valence-corrected chi connectivity index (χ3v) is 2.86. The molecule has 2 aromatic heterocycles. The van der Waals surface area contributed by atoms with Crippen molar-refractivity contribution in [3.8, 4) is 11.3 Å². The van der Waals surface area contributed by atoms with E-state index < -0.39 is 0 Å². The zero-order chi connectivity index (χ0) is 11.7. The summed E-state index contributed by atoms with van der Waals surface area (Å²) < 4.78 is 0. The highest BCUT2D eigenvalue weighted by Gasteiger charge is 2.01. The van der Waals surface area contributed by atoms with E-state index in [0.29, 0.717) is 5.02 Å². The minimum Gasteiger partial charge on any atom is -0.256 e. The van der Waals surface area contributed by atoms with Crippen molar-refractivity contribution in [2.45, 2.75) is 0 Å². The second-order valence-corrected chi connectivity index (χ2v) is 4.21. The number of rotatable bonds is 1. The number of halogens is 1. The maximum absolute atomic E-state index is 5.96. The average molecular weight is 241 g/mol. The smallest absolute Gasteiger partial charge is 0.0717 e. The van der Waals surface area contributed by atoms with Crippen molar-refractivity contribution in [1.29, 1.82) is 0 Å². The summed E-state index contributed by atoms with van der Waals surface area (Å²) in [4.78, 5) is 8.63. The fraction of sp³-hybridized carbons (Fsp3) is 0. The Morgan fingerprint density at radius 3 is 2.71 bits per heavy atom. The summed E-state index contributed by atoms with van der Waals surface area (Å²) in [5, 5.41) is 1.81. The lowest BCUT2D eigenvalue weighted by atomic mass is 10.1. The van der Waals surface area contributed by atoms with Gasteiger partial charge in [0.05, 0.1) is 11.2 Å². The normalized spacial score (nSPS) is 10.6. The van der Waals surface area contributed by atoms with Gasteiger partial charge in [-0.2, -0.15) is 0 Å². The maximum atomic E-state index is 5.96. The van der Waals surface area contributed by atoms with Gasteiger partial charge in [-0.1, -0.05) is 29.8 Å². The fourth-order valence-corrected chi connectivity index (χ4v) is 1.95. The molecule has 0 radical (unpaired) electrons. The summed E-state index contributed by atoms with van der Waals surface area (Å²) in [5.74, 6) is 0. The summed E-state index contributed by atoms with van der Waals surface area (Å²) in [6.45, 7) is 0. The molecule has 3 heteroatoms. The van der Waals surface area contributed by atoms with E-state index in [2.05, 4.69) is 9.97 Å². The lowest BCUT2D eigenvalue weighted by Gasteiger charge is -2.03. The predicted molar refractivity (Wildman–Crippen MR) is 70.0 cm³/mol. The topological polar surface area (TPSA) is 25.8 Å². The van der Waals surface area contributed by atoms with Gasteiger partial charge in [0.25, 0.3) is 0 Å². The van der Waals surface area contributed by atoms with Crippen molar-refractivity contribution in [3.05, 3.63) is 59.9 Å². The zero-order valence-corrected chi connectivity index (χ0v) is 9.72. The quantitative estimate of drug-likeness (QED) is 0.644. The lowest BCUT2D eigenvalue weighted by molar-refractivity contribution is 1.32. The number of aromatic nitrogens is 2. The van der Waals surface area contributed by atoms with Gasteiger partial charge in [0.1, 0.15) is 0 Å². The molecular weight excluding hydrogens is 232 g/mol. The van der Waals surface area contributed by atoms with E-state index in [-0.39, 0.29) is 0 Å². The first-order chi connectivity index (χ1) is 8.33. The van der Waals surface area contributed by atoms with Crippen molar-refractivity contribution in [3.63, 3.8) is 0 Å². The van der Waals surface area contributed by atoms with Crippen molar-refractivity contribution in [2.24, 2.45) is 0 Å². The number of nitrogens with zero attached hydrogens (tertiary/aromatic N) is 2. The molecule has 2 heterocycles. The van der Waals surface area contributed by atoms with Crippen molar-refractivity contribution >= 4 is 22.5 Å². The predicted octanol–water partition coefficient (Wildman–Crippen LogP) is 3.95. The Labute approximate surface area is 104 Å². The Morgan fingerprint density at radius 1 is 0.882 bits per heavy atom. The molecule has 0 atom stereocenters. The zero-order valence-electron chi connectivity index (χ0n) is 8.97. The first-order valence-electron chi connectivity index (χ1n) is 5.30. The van der Waals surface area contributed by atoms with Crippen LogP contribution in [0.15, 0.2) is 54.9 Å². The van der Waals surface area contributed by atoms with Gasteiger partial charge >= 0.3 is 0 Å². The molecule has 17 heavy (non-hydrogen) atoms. The van der Waals surface area contributed by atoms with Crippen LogP contribution in [0.3, 0.4) is 0 Å².